The van der Waals surface area contributed by atoms with E-state index < -0.39 is 0 Å². The summed E-state index contributed by atoms with van der Waals surface area (Å²) in [5.74, 6) is 1.31. The summed E-state index contributed by atoms with van der Waals surface area (Å²) in [7, 11) is 3.35. The van der Waals surface area contributed by atoms with E-state index in [9.17, 15) is 9.59 Å². The monoisotopic (exact) mass is 384 g/mol. The molecule has 1 N–H and O–H groups in total. The molecule has 0 saturated carbocycles. The van der Waals surface area contributed by atoms with E-state index in [2.05, 4.69) is 25.2 Å². The second-order valence-corrected chi connectivity index (χ2v) is 7.12. The quantitative estimate of drug-likeness (QED) is 0.755. The van der Waals surface area contributed by atoms with Crippen LogP contribution in [0.25, 0.3) is 0 Å². The Bertz CT molecular complexity index is 814. The van der Waals surface area contributed by atoms with Crippen LogP contribution in [0.3, 0.4) is 0 Å². The first kappa shape index (κ1) is 21.3. The number of aryl methyl sites for hydroxylation is 1. The van der Waals surface area contributed by atoms with Crippen molar-refractivity contribution in [1.82, 2.24) is 4.90 Å². The molecule has 0 aromatic heterocycles. The molecular weight excluding hydrogens is 356 g/mol. The van der Waals surface area contributed by atoms with Gasteiger partial charge in [0.1, 0.15) is 11.5 Å². The van der Waals surface area contributed by atoms with Crippen LogP contribution in [0.2, 0.25) is 0 Å². The summed E-state index contributed by atoms with van der Waals surface area (Å²) in [6, 6.07) is 12.9. The number of likely N-dealkylation sites (N-methyl/N-ethyl adjacent to an activating group) is 1. The summed E-state index contributed by atoms with van der Waals surface area (Å²) in [4.78, 5) is 25.2. The molecule has 2 rings (SSSR count). The summed E-state index contributed by atoms with van der Waals surface area (Å²) in [6.07, 6.45) is 0. The third kappa shape index (κ3) is 6.30. The molecule has 6 heteroatoms. The number of amides is 2. The fraction of sp³-hybridized carbons (Fsp3) is 0.364. The number of nitrogens with zero attached hydrogens (tertiary/aromatic N) is 1. The molecule has 0 aliphatic carbocycles. The Hall–Kier alpha value is -3.02. The summed E-state index contributed by atoms with van der Waals surface area (Å²) >= 11 is 0. The van der Waals surface area contributed by atoms with Gasteiger partial charge in [-0.25, -0.2) is 0 Å². The molecule has 0 atom stereocenters. The van der Waals surface area contributed by atoms with Crippen LogP contribution in [0.4, 0.5) is 5.69 Å². The Kier molecular flexibility index (Phi) is 7.44. The normalized spacial score (nSPS) is 10.5. The highest BCUT2D eigenvalue weighted by molar-refractivity contribution is 5.91. The summed E-state index contributed by atoms with van der Waals surface area (Å²) in [5, 5.41) is 2.78. The third-order valence-electron chi connectivity index (χ3n) is 4.24. The zero-order valence-corrected chi connectivity index (χ0v) is 17.1. The zero-order valence-electron chi connectivity index (χ0n) is 17.1. The minimum Gasteiger partial charge on any atom is -0.484 e. The highest BCUT2D eigenvalue weighted by Crippen LogP contribution is 2.24. The van der Waals surface area contributed by atoms with E-state index in [1.165, 1.54) is 10.5 Å². The van der Waals surface area contributed by atoms with Gasteiger partial charge in [-0.15, -0.1) is 0 Å². The van der Waals surface area contributed by atoms with Crippen molar-refractivity contribution >= 4 is 17.5 Å². The van der Waals surface area contributed by atoms with Crippen molar-refractivity contribution in [3.8, 4) is 11.5 Å². The molecule has 2 aromatic rings. The number of nitrogens with one attached hydrogen (secondary N) is 1. The van der Waals surface area contributed by atoms with Crippen molar-refractivity contribution in [2.45, 2.75) is 26.7 Å². The van der Waals surface area contributed by atoms with Crippen LogP contribution in [0, 0.1) is 6.92 Å². The lowest BCUT2D eigenvalue weighted by molar-refractivity contribution is -0.130. The summed E-state index contributed by atoms with van der Waals surface area (Å²) in [6.45, 7) is 6.09. The topological polar surface area (TPSA) is 67.9 Å². The van der Waals surface area contributed by atoms with Crippen molar-refractivity contribution in [1.29, 1.82) is 0 Å². The largest absolute Gasteiger partial charge is 0.484 e. The minimum atomic E-state index is -0.245. The van der Waals surface area contributed by atoms with E-state index >= 15 is 0 Å². The maximum absolute atomic E-state index is 12.2. The van der Waals surface area contributed by atoms with E-state index in [0.717, 1.165) is 11.3 Å². The molecular formula is C22H28N2O4. The molecule has 0 aliphatic heterocycles. The van der Waals surface area contributed by atoms with Crippen LogP contribution in [0.1, 0.15) is 30.9 Å². The SMILES string of the molecule is Cc1ccc(C(C)C)cc1OCC(=O)Nc1ccc(OCC(=O)N(C)C)cc1. The Morgan fingerprint density at radius 1 is 1.00 bits per heavy atom. The van der Waals surface area contributed by atoms with E-state index in [1.807, 2.05) is 19.1 Å². The van der Waals surface area contributed by atoms with E-state index in [4.69, 9.17) is 9.47 Å². The number of carbonyl (C=O) groups excluding carboxylic acids is 2. The smallest absolute Gasteiger partial charge is 0.262 e. The number of hydrogen-bond acceptors (Lipinski definition) is 4. The van der Waals surface area contributed by atoms with Gasteiger partial charge in [0.25, 0.3) is 11.8 Å². The molecule has 0 fully saturated rings. The Labute approximate surface area is 166 Å². The number of benzene rings is 2. The average Bonchev–Trinajstić information content (AvgIpc) is 2.66. The van der Waals surface area contributed by atoms with Gasteiger partial charge in [0.15, 0.2) is 13.2 Å². The average molecular weight is 384 g/mol. The Morgan fingerprint density at radius 3 is 2.29 bits per heavy atom. The second-order valence-electron chi connectivity index (χ2n) is 7.12. The van der Waals surface area contributed by atoms with Crippen LogP contribution in [0.15, 0.2) is 42.5 Å². The molecule has 0 saturated heterocycles. The predicted octanol–water partition coefficient (Wildman–Crippen LogP) is 3.60. The zero-order chi connectivity index (χ0) is 20.7. The molecule has 0 radical (unpaired) electrons. The molecule has 2 aromatic carbocycles. The third-order valence-corrected chi connectivity index (χ3v) is 4.24. The molecule has 6 nitrogen and oxygen atoms in total. The lowest BCUT2D eigenvalue weighted by atomic mass is 10.0. The van der Waals surface area contributed by atoms with Gasteiger partial charge in [-0.2, -0.15) is 0 Å². The number of ether oxygens (including phenoxy) is 2. The molecule has 0 aliphatic rings. The van der Waals surface area contributed by atoms with E-state index in [1.54, 1.807) is 38.4 Å². The lowest BCUT2D eigenvalue weighted by Crippen LogP contribution is -2.27. The highest BCUT2D eigenvalue weighted by atomic mass is 16.5. The molecule has 0 unspecified atom stereocenters. The molecule has 0 bridgehead atoms. The van der Waals surface area contributed by atoms with Gasteiger partial charge in [0, 0.05) is 19.8 Å². The van der Waals surface area contributed by atoms with Crippen LogP contribution in [0.5, 0.6) is 11.5 Å². The van der Waals surface area contributed by atoms with Gasteiger partial charge in [-0.05, 0) is 54.3 Å². The first-order valence-corrected chi connectivity index (χ1v) is 9.22. The molecule has 28 heavy (non-hydrogen) atoms. The van der Waals surface area contributed by atoms with Gasteiger partial charge in [0.2, 0.25) is 0 Å². The first-order chi connectivity index (χ1) is 13.3. The van der Waals surface area contributed by atoms with Gasteiger partial charge in [-0.3, -0.25) is 9.59 Å². The van der Waals surface area contributed by atoms with Gasteiger partial charge in [-0.1, -0.05) is 26.0 Å². The van der Waals surface area contributed by atoms with Crippen molar-refractivity contribution in [2.75, 3.05) is 32.6 Å². The highest BCUT2D eigenvalue weighted by Gasteiger charge is 2.09. The number of anilines is 1. The van der Waals surface area contributed by atoms with Crippen molar-refractivity contribution in [3.63, 3.8) is 0 Å². The maximum atomic E-state index is 12.2. The second kappa shape index (κ2) is 9.78. The minimum absolute atomic E-state index is 0.0265. The van der Waals surface area contributed by atoms with E-state index in [0.29, 0.717) is 17.4 Å². The Balaban J connectivity index is 1.86. The van der Waals surface area contributed by atoms with E-state index in [-0.39, 0.29) is 25.0 Å². The standard InChI is InChI=1S/C22H28N2O4/c1-15(2)17-7-6-16(3)20(12-17)28-13-21(25)23-18-8-10-19(11-9-18)27-14-22(26)24(4)5/h6-12,15H,13-14H2,1-5H3,(H,23,25). The maximum Gasteiger partial charge on any atom is 0.262 e. The van der Waals surface area contributed by atoms with Gasteiger partial charge in [0.05, 0.1) is 0 Å². The molecule has 0 heterocycles. The van der Waals surface area contributed by atoms with Crippen molar-refractivity contribution in [2.24, 2.45) is 0 Å². The van der Waals surface area contributed by atoms with Crippen molar-refractivity contribution < 1.29 is 19.1 Å². The predicted molar refractivity (Wildman–Crippen MR) is 110 cm³/mol. The van der Waals surface area contributed by atoms with Gasteiger partial charge < -0.3 is 19.7 Å². The van der Waals surface area contributed by atoms with Gasteiger partial charge >= 0.3 is 0 Å². The van der Waals surface area contributed by atoms with Crippen LogP contribution in [-0.4, -0.2) is 44.0 Å². The summed E-state index contributed by atoms with van der Waals surface area (Å²) < 4.78 is 11.1. The first-order valence-electron chi connectivity index (χ1n) is 9.22. The summed E-state index contributed by atoms with van der Waals surface area (Å²) in [5.41, 5.74) is 2.79. The molecule has 150 valence electrons. The number of hydrogen-bond donors (Lipinski definition) is 1. The van der Waals surface area contributed by atoms with Crippen LogP contribution >= 0.6 is 0 Å². The van der Waals surface area contributed by atoms with Crippen LogP contribution < -0.4 is 14.8 Å². The fourth-order valence-electron chi connectivity index (χ4n) is 2.38. The molecule has 2 amide bonds. The number of carbonyl (C=O) groups is 2. The Morgan fingerprint density at radius 2 is 1.68 bits per heavy atom. The number of rotatable bonds is 8. The molecule has 0 spiro atoms. The lowest BCUT2D eigenvalue weighted by Gasteiger charge is -2.13. The van der Waals surface area contributed by atoms with Crippen molar-refractivity contribution in [3.05, 3.63) is 53.6 Å². The fourth-order valence-corrected chi connectivity index (χ4v) is 2.38. The van der Waals surface area contributed by atoms with Crippen LogP contribution in [-0.2, 0) is 9.59 Å².